The molecule has 0 saturated heterocycles. The topological polar surface area (TPSA) is 29.5 Å². The summed E-state index contributed by atoms with van der Waals surface area (Å²) in [5.74, 6) is 0.878. The van der Waals surface area contributed by atoms with E-state index in [1.807, 2.05) is 0 Å². The highest BCUT2D eigenvalue weighted by atomic mass is 19.1. The average Bonchev–Trinajstić information content (AvgIpc) is 2.25. The molecule has 0 aliphatic heterocycles. The summed E-state index contributed by atoms with van der Waals surface area (Å²) < 4.78 is 18.6. The second-order valence-corrected chi connectivity index (χ2v) is 4.74. The summed E-state index contributed by atoms with van der Waals surface area (Å²) in [5.41, 5.74) is 0.509. The van der Waals surface area contributed by atoms with Gasteiger partial charge in [0.2, 0.25) is 0 Å². The minimum atomic E-state index is -0.717. The maximum Gasteiger partial charge on any atom is 0.125 e. The Balaban J connectivity index is 2.58. The molecular formula is C14H21FO2. The lowest BCUT2D eigenvalue weighted by Gasteiger charge is -2.14. The Morgan fingerprint density at radius 2 is 2.00 bits per heavy atom. The second-order valence-electron chi connectivity index (χ2n) is 4.74. The molecule has 0 amide bonds. The zero-order chi connectivity index (χ0) is 12.8. The summed E-state index contributed by atoms with van der Waals surface area (Å²) in [7, 11) is 0. The van der Waals surface area contributed by atoms with E-state index in [2.05, 4.69) is 13.8 Å². The number of aliphatic hydroxyl groups is 1. The Labute approximate surface area is 102 Å². The van der Waals surface area contributed by atoms with Crippen LogP contribution in [0.5, 0.6) is 5.75 Å². The molecule has 1 rings (SSSR count). The van der Waals surface area contributed by atoms with Crippen LogP contribution in [0.15, 0.2) is 18.2 Å². The van der Waals surface area contributed by atoms with Crippen LogP contribution >= 0.6 is 0 Å². The van der Waals surface area contributed by atoms with Crippen molar-refractivity contribution < 1.29 is 14.2 Å². The van der Waals surface area contributed by atoms with Gasteiger partial charge >= 0.3 is 0 Å². The molecule has 0 aliphatic rings. The SMILES string of the molecule is CC(C)CCCOc1ccc(F)cc1C(C)O. The summed E-state index contributed by atoms with van der Waals surface area (Å²) in [4.78, 5) is 0. The molecule has 0 radical (unpaired) electrons. The number of benzene rings is 1. The van der Waals surface area contributed by atoms with Crippen LogP contribution in [0, 0.1) is 11.7 Å². The molecule has 0 aromatic heterocycles. The minimum absolute atomic E-state index is 0.351. The Morgan fingerprint density at radius 1 is 1.29 bits per heavy atom. The highest BCUT2D eigenvalue weighted by Crippen LogP contribution is 2.26. The molecule has 0 fully saturated rings. The van der Waals surface area contributed by atoms with Crippen LogP contribution in [-0.2, 0) is 0 Å². The largest absolute Gasteiger partial charge is 0.493 e. The van der Waals surface area contributed by atoms with Crippen molar-refractivity contribution in [2.75, 3.05) is 6.61 Å². The van der Waals surface area contributed by atoms with Crippen molar-refractivity contribution in [1.82, 2.24) is 0 Å². The molecule has 0 spiro atoms. The molecule has 0 heterocycles. The molecule has 0 bridgehead atoms. The number of rotatable bonds is 6. The van der Waals surface area contributed by atoms with Crippen LogP contribution in [0.3, 0.4) is 0 Å². The fourth-order valence-corrected chi connectivity index (χ4v) is 1.65. The quantitative estimate of drug-likeness (QED) is 0.768. The van der Waals surface area contributed by atoms with Gasteiger partial charge in [-0.15, -0.1) is 0 Å². The van der Waals surface area contributed by atoms with Gasteiger partial charge in [0.1, 0.15) is 11.6 Å². The van der Waals surface area contributed by atoms with Crippen molar-refractivity contribution >= 4 is 0 Å². The summed E-state index contributed by atoms with van der Waals surface area (Å²) in [6.07, 6.45) is 1.35. The Bertz CT molecular complexity index is 348. The molecule has 1 atom stereocenters. The van der Waals surface area contributed by atoms with Crippen molar-refractivity contribution in [3.63, 3.8) is 0 Å². The highest BCUT2D eigenvalue weighted by Gasteiger charge is 2.10. The van der Waals surface area contributed by atoms with Crippen LogP contribution in [0.4, 0.5) is 4.39 Å². The van der Waals surface area contributed by atoms with Crippen molar-refractivity contribution in [3.8, 4) is 5.75 Å². The van der Waals surface area contributed by atoms with Gasteiger partial charge in [-0.3, -0.25) is 0 Å². The summed E-state index contributed by atoms with van der Waals surface area (Å²) >= 11 is 0. The first-order chi connectivity index (χ1) is 8.00. The van der Waals surface area contributed by atoms with Crippen molar-refractivity contribution in [3.05, 3.63) is 29.6 Å². The zero-order valence-electron chi connectivity index (χ0n) is 10.7. The lowest BCUT2D eigenvalue weighted by atomic mass is 10.1. The normalized spacial score (nSPS) is 12.8. The maximum absolute atomic E-state index is 13.0. The lowest BCUT2D eigenvalue weighted by molar-refractivity contribution is 0.190. The molecule has 96 valence electrons. The number of halogens is 1. The number of hydrogen-bond donors (Lipinski definition) is 1. The van der Waals surface area contributed by atoms with E-state index < -0.39 is 6.10 Å². The molecule has 1 aromatic rings. The summed E-state index contributed by atoms with van der Waals surface area (Å²) in [6, 6.07) is 4.25. The maximum atomic E-state index is 13.0. The van der Waals surface area contributed by atoms with Crippen molar-refractivity contribution in [2.24, 2.45) is 5.92 Å². The third kappa shape index (κ3) is 4.73. The van der Waals surface area contributed by atoms with E-state index in [0.717, 1.165) is 12.8 Å². The van der Waals surface area contributed by atoms with Gasteiger partial charge in [-0.25, -0.2) is 4.39 Å². The molecule has 3 heteroatoms. The standard InChI is InChI=1S/C14H21FO2/c1-10(2)5-4-8-17-14-7-6-12(15)9-13(14)11(3)16/h6-7,9-11,16H,4-5,8H2,1-3H3. The van der Waals surface area contributed by atoms with Gasteiger partial charge in [-0.05, 0) is 43.9 Å². The number of ether oxygens (including phenoxy) is 1. The van der Waals surface area contributed by atoms with Gasteiger partial charge in [-0.1, -0.05) is 13.8 Å². The van der Waals surface area contributed by atoms with E-state index in [-0.39, 0.29) is 5.82 Å². The Morgan fingerprint density at radius 3 is 2.59 bits per heavy atom. The number of aliphatic hydroxyl groups excluding tert-OH is 1. The minimum Gasteiger partial charge on any atom is -0.493 e. The molecule has 0 saturated carbocycles. The highest BCUT2D eigenvalue weighted by molar-refractivity contribution is 5.35. The lowest BCUT2D eigenvalue weighted by Crippen LogP contribution is -2.04. The van der Waals surface area contributed by atoms with Gasteiger partial charge in [0.05, 0.1) is 12.7 Å². The van der Waals surface area contributed by atoms with Crippen LogP contribution in [0.1, 0.15) is 45.3 Å². The smallest absolute Gasteiger partial charge is 0.125 e. The summed E-state index contributed by atoms with van der Waals surface area (Å²) in [5, 5.41) is 9.53. The first-order valence-corrected chi connectivity index (χ1v) is 6.11. The molecular weight excluding hydrogens is 219 g/mol. The third-order valence-corrected chi connectivity index (χ3v) is 2.61. The van der Waals surface area contributed by atoms with Crippen molar-refractivity contribution in [2.45, 2.75) is 39.7 Å². The van der Waals surface area contributed by atoms with E-state index in [1.165, 1.54) is 12.1 Å². The van der Waals surface area contributed by atoms with E-state index in [4.69, 9.17) is 4.74 Å². The Kier molecular flexibility index (Phi) is 5.42. The van der Waals surface area contributed by atoms with E-state index >= 15 is 0 Å². The van der Waals surface area contributed by atoms with Gasteiger partial charge in [0.25, 0.3) is 0 Å². The average molecular weight is 240 g/mol. The van der Waals surface area contributed by atoms with Gasteiger partial charge in [0.15, 0.2) is 0 Å². The molecule has 1 N–H and O–H groups in total. The molecule has 1 unspecified atom stereocenters. The Hall–Kier alpha value is -1.09. The van der Waals surface area contributed by atoms with Crippen LogP contribution < -0.4 is 4.74 Å². The predicted molar refractivity (Wildman–Crippen MR) is 66.6 cm³/mol. The van der Waals surface area contributed by atoms with E-state index in [1.54, 1.807) is 13.0 Å². The van der Waals surface area contributed by atoms with Crippen LogP contribution in [-0.4, -0.2) is 11.7 Å². The molecule has 2 nitrogen and oxygen atoms in total. The molecule has 17 heavy (non-hydrogen) atoms. The van der Waals surface area contributed by atoms with Crippen LogP contribution in [0.25, 0.3) is 0 Å². The fraction of sp³-hybridized carbons (Fsp3) is 0.571. The second kappa shape index (κ2) is 6.60. The monoisotopic (exact) mass is 240 g/mol. The first-order valence-electron chi connectivity index (χ1n) is 6.11. The predicted octanol–water partition coefficient (Wildman–Crippen LogP) is 3.69. The van der Waals surface area contributed by atoms with E-state index in [9.17, 15) is 9.50 Å². The fourth-order valence-electron chi connectivity index (χ4n) is 1.65. The third-order valence-electron chi connectivity index (χ3n) is 2.61. The van der Waals surface area contributed by atoms with Gasteiger partial charge in [0, 0.05) is 5.56 Å². The summed E-state index contributed by atoms with van der Waals surface area (Å²) in [6.45, 7) is 6.54. The zero-order valence-corrected chi connectivity index (χ0v) is 10.7. The van der Waals surface area contributed by atoms with Gasteiger partial charge in [-0.2, -0.15) is 0 Å². The van der Waals surface area contributed by atoms with Crippen molar-refractivity contribution in [1.29, 1.82) is 0 Å². The van der Waals surface area contributed by atoms with E-state index in [0.29, 0.717) is 23.8 Å². The molecule has 1 aromatic carbocycles. The molecule has 0 aliphatic carbocycles. The van der Waals surface area contributed by atoms with Crippen LogP contribution in [0.2, 0.25) is 0 Å². The first kappa shape index (κ1) is 14.0. The van der Waals surface area contributed by atoms with Gasteiger partial charge < -0.3 is 9.84 Å². The number of hydrogen-bond acceptors (Lipinski definition) is 2.